The van der Waals surface area contributed by atoms with E-state index < -0.39 is 29.9 Å². The topological polar surface area (TPSA) is 109 Å². The number of H-pyrrole nitrogens is 1. The predicted molar refractivity (Wildman–Crippen MR) is 101 cm³/mol. The van der Waals surface area contributed by atoms with Crippen molar-refractivity contribution in [3.8, 4) is 0 Å². The lowest BCUT2D eigenvalue weighted by atomic mass is 9.73. The van der Waals surface area contributed by atoms with Gasteiger partial charge in [-0.25, -0.2) is 9.59 Å². The minimum atomic E-state index is -0.914. The molecule has 1 saturated heterocycles. The lowest BCUT2D eigenvalue weighted by Crippen LogP contribution is -2.54. The van der Waals surface area contributed by atoms with Gasteiger partial charge in [-0.1, -0.05) is 19.8 Å². The van der Waals surface area contributed by atoms with Crippen LogP contribution in [0.15, 0.2) is 0 Å². The third-order valence-electron chi connectivity index (χ3n) is 5.94. The summed E-state index contributed by atoms with van der Waals surface area (Å²) in [7, 11) is 0. The van der Waals surface area contributed by atoms with Crippen LogP contribution >= 0.6 is 0 Å². The Bertz CT molecular complexity index is 843. The van der Waals surface area contributed by atoms with Crippen molar-refractivity contribution in [3.05, 3.63) is 22.5 Å². The number of ether oxygens (including phenoxy) is 1. The Balaban J connectivity index is 1.87. The van der Waals surface area contributed by atoms with Gasteiger partial charge in [0.05, 0.1) is 24.3 Å². The summed E-state index contributed by atoms with van der Waals surface area (Å²) in [5.41, 5.74) is 0.460. The van der Waals surface area contributed by atoms with E-state index in [1.165, 1.54) is 0 Å². The summed E-state index contributed by atoms with van der Waals surface area (Å²) in [6.45, 7) is 6.79. The zero-order valence-electron chi connectivity index (χ0n) is 16.8. The first-order valence-corrected chi connectivity index (χ1v) is 9.76. The minimum absolute atomic E-state index is 0.0177. The Kier molecular flexibility index (Phi) is 5.32. The van der Waals surface area contributed by atoms with Gasteiger partial charge in [0.25, 0.3) is 5.91 Å². The van der Waals surface area contributed by atoms with Crippen LogP contribution in [0.1, 0.15) is 71.6 Å². The van der Waals surface area contributed by atoms with Crippen molar-refractivity contribution in [3.63, 3.8) is 0 Å². The smallest absolute Gasteiger partial charge is 0.340 e. The number of amides is 3. The summed E-state index contributed by atoms with van der Waals surface area (Å²) in [4.78, 5) is 54.9. The number of urea groups is 1. The average molecular weight is 389 g/mol. The summed E-state index contributed by atoms with van der Waals surface area (Å²) < 4.78 is 5.06. The van der Waals surface area contributed by atoms with Gasteiger partial charge in [-0.05, 0) is 39.5 Å². The quantitative estimate of drug-likeness (QED) is 0.457. The number of nitrogens with one attached hydrogen (secondary N) is 2. The van der Waals surface area contributed by atoms with E-state index in [1.807, 2.05) is 6.92 Å². The van der Waals surface area contributed by atoms with Crippen molar-refractivity contribution >= 4 is 23.7 Å². The van der Waals surface area contributed by atoms with Crippen molar-refractivity contribution in [2.24, 2.45) is 5.92 Å². The van der Waals surface area contributed by atoms with Gasteiger partial charge < -0.3 is 15.0 Å². The van der Waals surface area contributed by atoms with E-state index in [0.717, 1.165) is 24.2 Å². The molecule has 8 heteroatoms. The van der Waals surface area contributed by atoms with Gasteiger partial charge in [-0.2, -0.15) is 0 Å². The fourth-order valence-electron chi connectivity index (χ4n) is 4.45. The monoisotopic (exact) mass is 389 g/mol. The third kappa shape index (κ3) is 3.10. The van der Waals surface area contributed by atoms with Crippen LogP contribution in [0, 0.1) is 19.8 Å². The summed E-state index contributed by atoms with van der Waals surface area (Å²) in [5, 5.41) is 2.84. The molecule has 1 aromatic heterocycles. The molecule has 2 fully saturated rings. The molecule has 8 nitrogen and oxygen atoms in total. The largest absolute Gasteiger partial charge is 0.462 e. The Morgan fingerprint density at radius 1 is 1.18 bits per heavy atom. The number of aromatic amines is 1. The van der Waals surface area contributed by atoms with Crippen LogP contribution in [0.5, 0.6) is 0 Å². The van der Waals surface area contributed by atoms with Crippen molar-refractivity contribution < 1.29 is 23.9 Å². The molecule has 0 unspecified atom stereocenters. The molecule has 1 spiro atoms. The maximum absolute atomic E-state index is 13.1. The van der Waals surface area contributed by atoms with Crippen LogP contribution in [-0.4, -0.2) is 52.3 Å². The van der Waals surface area contributed by atoms with E-state index in [2.05, 4.69) is 10.3 Å². The average Bonchev–Trinajstić information content (AvgIpc) is 3.06. The molecule has 2 N–H and O–H groups in total. The molecule has 1 saturated carbocycles. The Hall–Kier alpha value is -2.64. The number of hydrogen-bond acceptors (Lipinski definition) is 5. The van der Waals surface area contributed by atoms with Crippen LogP contribution in [0.25, 0.3) is 0 Å². The Morgan fingerprint density at radius 3 is 2.50 bits per heavy atom. The van der Waals surface area contributed by atoms with Crippen LogP contribution < -0.4 is 5.32 Å². The molecule has 3 amide bonds. The molecule has 2 atom stereocenters. The molecule has 152 valence electrons. The highest BCUT2D eigenvalue weighted by molar-refractivity contribution is 6.14. The molecule has 1 aliphatic carbocycles. The van der Waals surface area contributed by atoms with Gasteiger partial charge in [0.1, 0.15) is 5.54 Å². The molecule has 1 aliphatic heterocycles. The normalized spacial score (nSPS) is 24.6. The molecule has 2 heterocycles. The number of ketones is 1. The first-order valence-electron chi connectivity index (χ1n) is 9.76. The van der Waals surface area contributed by atoms with E-state index in [9.17, 15) is 19.2 Å². The second-order valence-corrected chi connectivity index (χ2v) is 7.71. The number of carbonyl (C=O) groups is 4. The van der Waals surface area contributed by atoms with E-state index >= 15 is 0 Å². The Labute approximate surface area is 164 Å². The molecule has 0 bridgehead atoms. The summed E-state index contributed by atoms with van der Waals surface area (Å²) in [6.07, 6.45) is 3.33. The zero-order chi connectivity index (χ0) is 20.6. The predicted octanol–water partition coefficient (Wildman–Crippen LogP) is 2.49. The highest BCUT2D eigenvalue weighted by Crippen LogP contribution is 2.38. The van der Waals surface area contributed by atoms with E-state index in [-0.39, 0.29) is 29.6 Å². The number of hydrogen-bond donors (Lipinski definition) is 2. The number of rotatable bonds is 5. The Morgan fingerprint density at radius 2 is 1.86 bits per heavy atom. The lowest BCUT2D eigenvalue weighted by Gasteiger charge is -2.36. The first kappa shape index (κ1) is 20.1. The van der Waals surface area contributed by atoms with Gasteiger partial charge in [0.15, 0.2) is 5.78 Å². The zero-order valence-corrected chi connectivity index (χ0v) is 16.8. The van der Waals surface area contributed by atoms with Crippen LogP contribution in [-0.2, 0) is 9.53 Å². The number of carbonyl (C=O) groups excluding carboxylic acids is 4. The molecular formula is C20H27N3O5. The summed E-state index contributed by atoms with van der Waals surface area (Å²) >= 11 is 0. The molecule has 28 heavy (non-hydrogen) atoms. The minimum Gasteiger partial charge on any atom is -0.462 e. The highest BCUT2D eigenvalue weighted by atomic mass is 16.5. The molecule has 0 aromatic carbocycles. The van der Waals surface area contributed by atoms with Gasteiger partial charge in [0.2, 0.25) is 0 Å². The van der Waals surface area contributed by atoms with Crippen molar-refractivity contribution in [2.45, 2.75) is 58.9 Å². The van der Waals surface area contributed by atoms with E-state index in [0.29, 0.717) is 17.8 Å². The third-order valence-corrected chi connectivity index (χ3v) is 5.94. The summed E-state index contributed by atoms with van der Waals surface area (Å²) in [5.74, 6) is -1.39. The van der Waals surface area contributed by atoms with Gasteiger partial charge in [-0.15, -0.1) is 0 Å². The maximum atomic E-state index is 13.1. The maximum Gasteiger partial charge on any atom is 0.340 e. The molecular weight excluding hydrogens is 362 g/mol. The van der Waals surface area contributed by atoms with Crippen LogP contribution in [0.4, 0.5) is 4.79 Å². The lowest BCUT2D eigenvalue weighted by molar-refractivity contribution is -0.133. The van der Waals surface area contributed by atoms with Crippen molar-refractivity contribution in [1.82, 2.24) is 15.2 Å². The van der Waals surface area contributed by atoms with E-state index in [1.54, 1.807) is 20.8 Å². The molecule has 0 radical (unpaired) electrons. The van der Waals surface area contributed by atoms with Crippen molar-refractivity contribution in [1.29, 1.82) is 0 Å². The summed E-state index contributed by atoms with van der Waals surface area (Å²) in [6, 6.07) is -0.547. The van der Waals surface area contributed by atoms with Gasteiger partial charge in [-0.3, -0.25) is 14.5 Å². The number of imide groups is 1. The fourth-order valence-corrected chi connectivity index (χ4v) is 4.45. The number of aromatic nitrogens is 1. The molecule has 2 aliphatic rings. The van der Waals surface area contributed by atoms with Crippen LogP contribution in [0.2, 0.25) is 0 Å². The fraction of sp³-hybridized carbons (Fsp3) is 0.600. The number of nitrogens with zero attached hydrogens (tertiary/aromatic N) is 1. The molecule has 3 rings (SSSR count). The second kappa shape index (κ2) is 7.41. The van der Waals surface area contributed by atoms with E-state index in [4.69, 9.17) is 4.74 Å². The molecule has 1 aromatic rings. The number of aryl methyl sites for hydroxylation is 2. The van der Waals surface area contributed by atoms with Crippen molar-refractivity contribution in [2.75, 3.05) is 13.2 Å². The standard InChI is InChI=1S/C20H27N3O5/c1-5-28-17(25)16-13(4)21-12(3)15(16)14(24)10-23-18(26)20(22-19(23)27)9-7-6-8-11(20)2/h11,21H,5-10H2,1-4H3,(H,22,27)/t11-,20+/m0/s1. The highest BCUT2D eigenvalue weighted by Gasteiger charge is 2.55. The van der Waals surface area contributed by atoms with Crippen LogP contribution in [0.3, 0.4) is 0 Å². The van der Waals surface area contributed by atoms with Gasteiger partial charge in [0, 0.05) is 11.4 Å². The number of esters is 1. The first-order chi connectivity index (χ1) is 13.2. The number of Topliss-reactive ketones (excluding diaryl/α,β-unsaturated/α-hetero) is 1. The second-order valence-electron chi connectivity index (χ2n) is 7.71. The van der Waals surface area contributed by atoms with Gasteiger partial charge >= 0.3 is 12.0 Å². The SMILES string of the molecule is CCOC(=O)c1c(C)[nH]c(C)c1C(=O)CN1C(=O)N[C@@]2(CCCC[C@@H]2C)C1=O.